The smallest absolute Gasteiger partial charge is 0.0621 e. The molecule has 0 N–H and O–H groups in total. The Hall–Kier alpha value is 0.230. The summed E-state index contributed by atoms with van der Waals surface area (Å²) in [5, 5.41) is 8.52. The van der Waals surface area contributed by atoms with Crippen LogP contribution in [0, 0.1) is 16.7 Å². The molecular weight excluding hydrogens is 237 g/mol. The second-order valence-electron chi connectivity index (χ2n) is 5.10. The maximum absolute atomic E-state index is 8.52. The van der Waals surface area contributed by atoms with Crippen LogP contribution in [0.3, 0.4) is 0 Å². The second-order valence-corrected chi connectivity index (χ2v) is 7.67. The van der Waals surface area contributed by atoms with Crippen LogP contribution >= 0.6 is 20.8 Å². The molecule has 2 nitrogen and oxygen atoms in total. The number of rotatable bonds is 8. The highest BCUT2D eigenvalue weighted by molar-refractivity contribution is 7.80. The molecule has 0 aliphatic rings. The van der Waals surface area contributed by atoms with Gasteiger partial charge in [-0.1, -0.05) is 20.8 Å². The molecule has 1 atom stereocenters. The molecule has 94 valence electrons. The van der Waals surface area contributed by atoms with Crippen molar-refractivity contribution in [3.8, 4) is 6.07 Å². The summed E-state index contributed by atoms with van der Waals surface area (Å²) >= 11 is 4.23. The largest absolute Gasteiger partial charge is 0.359 e. The molecule has 0 saturated carbocycles. The van der Waals surface area contributed by atoms with Crippen molar-refractivity contribution in [1.29, 1.82) is 5.26 Å². The Morgan fingerprint density at radius 1 is 1.25 bits per heavy atom. The molecule has 0 aromatic carbocycles. The van der Waals surface area contributed by atoms with E-state index in [1.165, 1.54) is 0 Å². The fraction of sp³-hybridized carbons (Fsp3) is 0.917. The molecule has 0 aromatic heterocycles. The Morgan fingerprint density at radius 2 is 1.88 bits per heavy atom. The van der Waals surface area contributed by atoms with Gasteiger partial charge in [0.2, 0.25) is 0 Å². The first-order valence-electron chi connectivity index (χ1n) is 5.85. The van der Waals surface area contributed by atoms with Crippen LogP contribution in [-0.4, -0.2) is 24.7 Å². The Labute approximate surface area is 107 Å². The molecule has 0 aliphatic carbocycles. The zero-order chi connectivity index (χ0) is 12.4. The zero-order valence-corrected chi connectivity index (χ0v) is 12.5. The lowest BCUT2D eigenvalue weighted by molar-refractivity contribution is 0.215. The lowest BCUT2D eigenvalue weighted by Gasteiger charge is -2.23. The van der Waals surface area contributed by atoms with Crippen molar-refractivity contribution in [2.24, 2.45) is 5.41 Å². The van der Waals surface area contributed by atoms with Gasteiger partial charge in [-0.15, -0.1) is 0 Å². The van der Waals surface area contributed by atoms with Crippen LogP contribution in [-0.2, 0) is 4.52 Å². The molecule has 0 aromatic rings. The number of unbranched alkanes of at least 4 members (excludes halogenated alkanes) is 1. The van der Waals surface area contributed by atoms with Crippen LogP contribution in [0.2, 0.25) is 0 Å². The van der Waals surface area contributed by atoms with Gasteiger partial charge in [0.05, 0.1) is 12.7 Å². The molecule has 0 rings (SSSR count). The van der Waals surface area contributed by atoms with Gasteiger partial charge in [0.1, 0.15) is 0 Å². The fourth-order valence-electron chi connectivity index (χ4n) is 1.11. The molecule has 0 aliphatic heterocycles. The number of nitrogens with zero attached hydrogens (tertiary/aromatic N) is 1. The van der Waals surface area contributed by atoms with E-state index in [2.05, 4.69) is 39.5 Å². The second kappa shape index (κ2) is 9.28. The third-order valence-electron chi connectivity index (χ3n) is 1.94. The monoisotopic (exact) mass is 261 g/mol. The fourth-order valence-corrected chi connectivity index (χ4v) is 3.59. The van der Waals surface area contributed by atoms with Gasteiger partial charge in [0.25, 0.3) is 0 Å². The maximum atomic E-state index is 8.52. The third kappa shape index (κ3) is 10.7. The minimum atomic E-state index is -0.342. The summed E-state index contributed by atoms with van der Waals surface area (Å²) in [7, 11) is -0.342. The molecule has 0 saturated heterocycles. The first kappa shape index (κ1) is 16.2. The van der Waals surface area contributed by atoms with Gasteiger partial charge in [0.15, 0.2) is 0 Å². The molecule has 0 heterocycles. The number of hydrogen-bond donors (Lipinski definition) is 1. The van der Waals surface area contributed by atoms with E-state index in [4.69, 9.17) is 9.79 Å². The van der Waals surface area contributed by atoms with Gasteiger partial charge < -0.3 is 4.52 Å². The van der Waals surface area contributed by atoms with Crippen molar-refractivity contribution >= 4 is 20.8 Å². The summed E-state index contributed by atoms with van der Waals surface area (Å²) in [6.07, 6.45) is 4.93. The van der Waals surface area contributed by atoms with Crippen molar-refractivity contribution in [1.82, 2.24) is 0 Å². The molecule has 0 amide bonds. The van der Waals surface area contributed by atoms with Gasteiger partial charge in [-0.2, -0.15) is 17.9 Å². The summed E-state index contributed by atoms with van der Waals surface area (Å²) < 4.78 is 5.98. The lowest BCUT2D eigenvalue weighted by atomic mass is 9.99. The number of nitriles is 1. The number of thiol groups is 1. The molecule has 1 unspecified atom stereocenters. The van der Waals surface area contributed by atoms with E-state index in [0.717, 1.165) is 37.5 Å². The molecular formula is C12H24NOPS. The summed E-state index contributed by atoms with van der Waals surface area (Å²) in [6.45, 7) is 7.38. The van der Waals surface area contributed by atoms with Crippen molar-refractivity contribution in [3.05, 3.63) is 0 Å². The van der Waals surface area contributed by atoms with Crippen molar-refractivity contribution in [2.75, 3.05) is 24.7 Å². The Morgan fingerprint density at radius 3 is 2.38 bits per heavy atom. The van der Waals surface area contributed by atoms with Crippen LogP contribution in [0.5, 0.6) is 0 Å². The van der Waals surface area contributed by atoms with Crippen LogP contribution in [0.4, 0.5) is 0 Å². The molecule has 16 heavy (non-hydrogen) atoms. The highest BCUT2D eigenvalue weighted by Crippen LogP contribution is 2.40. The average Bonchev–Trinajstić information content (AvgIpc) is 2.20. The van der Waals surface area contributed by atoms with E-state index in [1.807, 2.05) is 0 Å². The van der Waals surface area contributed by atoms with Gasteiger partial charge >= 0.3 is 0 Å². The van der Waals surface area contributed by atoms with Crippen LogP contribution in [0.25, 0.3) is 0 Å². The SMILES string of the molecule is CC(C)(C)COP(CCCS)CCCC#N. The van der Waals surface area contributed by atoms with Crippen LogP contribution in [0.1, 0.15) is 40.0 Å². The van der Waals surface area contributed by atoms with Crippen LogP contribution in [0.15, 0.2) is 0 Å². The minimum Gasteiger partial charge on any atom is -0.359 e. The highest BCUT2D eigenvalue weighted by Gasteiger charge is 2.15. The molecule has 0 fully saturated rings. The lowest BCUT2D eigenvalue weighted by Crippen LogP contribution is -2.13. The van der Waals surface area contributed by atoms with Gasteiger partial charge in [0, 0.05) is 14.6 Å². The minimum absolute atomic E-state index is 0.233. The van der Waals surface area contributed by atoms with E-state index < -0.39 is 0 Å². The van der Waals surface area contributed by atoms with E-state index in [-0.39, 0.29) is 13.6 Å². The Kier molecular flexibility index (Phi) is 9.41. The Balaban J connectivity index is 3.85. The first-order valence-corrected chi connectivity index (χ1v) is 8.11. The standard InChI is InChI=1S/C12H24NOPS/c1-12(2,3)11-14-15(9-6-10-16)8-5-4-7-13/h16H,4-6,8-11H2,1-3H3. The maximum Gasteiger partial charge on any atom is 0.0621 e. The average molecular weight is 261 g/mol. The van der Waals surface area contributed by atoms with E-state index in [0.29, 0.717) is 6.42 Å². The van der Waals surface area contributed by atoms with Gasteiger partial charge in [-0.25, -0.2) is 0 Å². The van der Waals surface area contributed by atoms with E-state index >= 15 is 0 Å². The molecule has 4 heteroatoms. The van der Waals surface area contributed by atoms with Crippen LogP contribution < -0.4 is 0 Å². The Bertz CT molecular complexity index is 210. The zero-order valence-electron chi connectivity index (χ0n) is 10.7. The van der Waals surface area contributed by atoms with E-state index in [1.54, 1.807) is 0 Å². The quantitative estimate of drug-likeness (QED) is 0.406. The third-order valence-corrected chi connectivity index (χ3v) is 4.38. The topological polar surface area (TPSA) is 33.0 Å². The molecule has 0 spiro atoms. The molecule has 0 radical (unpaired) electrons. The summed E-state index contributed by atoms with van der Waals surface area (Å²) in [5.41, 5.74) is 0.233. The van der Waals surface area contributed by atoms with Crippen molar-refractivity contribution in [3.63, 3.8) is 0 Å². The summed E-state index contributed by atoms with van der Waals surface area (Å²) in [5.74, 6) is 0.927. The van der Waals surface area contributed by atoms with Crippen molar-refractivity contribution < 1.29 is 4.52 Å². The summed E-state index contributed by atoms with van der Waals surface area (Å²) in [4.78, 5) is 0. The summed E-state index contributed by atoms with van der Waals surface area (Å²) in [6, 6.07) is 2.19. The van der Waals surface area contributed by atoms with Crippen molar-refractivity contribution in [2.45, 2.75) is 40.0 Å². The number of hydrogen-bond acceptors (Lipinski definition) is 3. The van der Waals surface area contributed by atoms with E-state index in [9.17, 15) is 0 Å². The predicted molar refractivity (Wildman–Crippen MR) is 75.4 cm³/mol. The van der Waals surface area contributed by atoms with Gasteiger partial charge in [-0.05, 0) is 36.3 Å². The first-order chi connectivity index (χ1) is 7.49. The molecule has 0 bridgehead atoms. The normalized spacial score (nSPS) is 13.4. The predicted octanol–water partition coefficient (Wildman–Crippen LogP) is 4.07. The highest BCUT2D eigenvalue weighted by atomic mass is 32.1. The van der Waals surface area contributed by atoms with Gasteiger partial charge in [-0.3, -0.25) is 0 Å².